The molecule has 4 aliphatic carbocycles. The fourth-order valence-electron chi connectivity index (χ4n) is 10.5. The number of hydrogen-bond acceptors (Lipinski definition) is 7. The molecule has 2 bridgehead atoms. The Morgan fingerprint density at radius 3 is 2.60 bits per heavy atom. The summed E-state index contributed by atoms with van der Waals surface area (Å²) in [4.78, 5) is 29.1. The number of rotatable bonds is 4. The molecular weight excluding hydrogens is 542 g/mol. The smallest absolute Gasteiger partial charge is 0.315 e. The van der Waals surface area contributed by atoms with Crippen molar-refractivity contribution < 1.29 is 28.5 Å². The number of carbonyl (C=O) groups excluding carboxylic acids is 2. The molecule has 0 amide bonds. The van der Waals surface area contributed by atoms with Gasteiger partial charge in [-0.2, -0.15) is 0 Å². The van der Waals surface area contributed by atoms with Gasteiger partial charge >= 0.3 is 11.9 Å². The molecule has 0 aromatic carbocycles. The van der Waals surface area contributed by atoms with E-state index in [1.807, 2.05) is 12.1 Å². The number of aromatic nitrogens is 1. The number of nitrogens with zero attached hydrogens (tertiary/aromatic N) is 1. The minimum atomic E-state index is -1.27. The van der Waals surface area contributed by atoms with Crippen LogP contribution < -0.4 is 0 Å². The molecule has 7 rings (SSSR count). The summed E-state index contributed by atoms with van der Waals surface area (Å²) in [5.41, 5.74) is 0.791. The van der Waals surface area contributed by atoms with Crippen molar-refractivity contribution in [1.82, 2.24) is 4.98 Å². The molecular formula is C36H47NO6. The van der Waals surface area contributed by atoms with Gasteiger partial charge in [0.25, 0.3) is 0 Å². The van der Waals surface area contributed by atoms with E-state index >= 15 is 0 Å². The van der Waals surface area contributed by atoms with Crippen LogP contribution in [0, 0.1) is 40.4 Å². The zero-order valence-corrected chi connectivity index (χ0v) is 26.7. The van der Waals surface area contributed by atoms with E-state index in [1.54, 1.807) is 24.5 Å². The lowest BCUT2D eigenvalue weighted by Gasteiger charge is -2.59. The average Bonchev–Trinajstić information content (AvgIpc) is 3.36. The van der Waals surface area contributed by atoms with E-state index < -0.39 is 17.2 Å². The number of ether oxygens (including phenoxy) is 4. The third kappa shape index (κ3) is 4.20. The van der Waals surface area contributed by atoms with E-state index in [2.05, 4.69) is 52.6 Å². The molecule has 0 spiro atoms. The molecule has 0 unspecified atom stereocenters. The predicted octanol–water partition coefficient (Wildman–Crippen LogP) is 6.67. The minimum Gasteiger partial charge on any atom is -0.462 e. The van der Waals surface area contributed by atoms with Crippen molar-refractivity contribution in [1.29, 1.82) is 0 Å². The highest BCUT2D eigenvalue weighted by Gasteiger charge is 2.68. The number of allylic oxidation sites excluding steroid dienone is 3. The number of pyridine rings is 1. The maximum atomic E-state index is 12.4. The van der Waals surface area contributed by atoms with Crippen LogP contribution in [-0.2, 0) is 34.5 Å². The Morgan fingerprint density at radius 2 is 1.88 bits per heavy atom. The number of hydrogen-bond donors (Lipinski definition) is 0. The number of carbonyl (C=O) groups is 2. The number of ketones is 1. The van der Waals surface area contributed by atoms with Crippen LogP contribution in [0.2, 0.25) is 0 Å². The molecule has 3 saturated carbocycles. The molecule has 5 fully saturated rings. The van der Waals surface area contributed by atoms with Crippen molar-refractivity contribution in [2.75, 3.05) is 0 Å². The van der Waals surface area contributed by atoms with Crippen LogP contribution in [0.4, 0.5) is 0 Å². The highest BCUT2D eigenvalue weighted by Crippen LogP contribution is 2.68. The van der Waals surface area contributed by atoms with Crippen LogP contribution in [-0.4, -0.2) is 40.1 Å². The van der Waals surface area contributed by atoms with E-state index in [9.17, 15) is 9.59 Å². The standard InChI is InChI=1S/C36H47NO6/c1-21(30-19-35(7)32(3,4)42-36(41-30,43-35)23-9-8-16-37-20-23)26-10-11-27-31-28(13-15-34(26,27)6)33(5)14-12-25(39)17-24(33)18-29(31)40-22(2)38/h8-9,12,14,16-17,20-21,26-31H,10-11,13,15,18-19H2,1-7H3/t21-,26+,27-,28-,29+,30+,31-,33-,34+,35+,36-/m0/s1. The second-order valence-corrected chi connectivity index (χ2v) is 15.5. The summed E-state index contributed by atoms with van der Waals surface area (Å²) in [5, 5.41) is 0. The van der Waals surface area contributed by atoms with E-state index in [1.165, 1.54) is 6.92 Å². The molecule has 7 heteroatoms. The Labute approximate surface area is 255 Å². The van der Waals surface area contributed by atoms with E-state index in [0.29, 0.717) is 24.2 Å². The van der Waals surface area contributed by atoms with Gasteiger partial charge in [-0.25, -0.2) is 0 Å². The topological polar surface area (TPSA) is 84.0 Å². The maximum absolute atomic E-state index is 12.4. The van der Waals surface area contributed by atoms with Gasteiger partial charge < -0.3 is 18.9 Å². The summed E-state index contributed by atoms with van der Waals surface area (Å²) < 4.78 is 26.4. The molecule has 43 heavy (non-hydrogen) atoms. The van der Waals surface area contributed by atoms with Gasteiger partial charge in [-0.15, -0.1) is 0 Å². The van der Waals surface area contributed by atoms with Gasteiger partial charge in [-0.3, -0.25) is 14.6 Å². The van der Waals surface area contributed by atoms with Gasteiger partial charge in [0, 0.05) is 43.5 Å². The van der Waals surface area contributed by atoms with Crippen LogP contribution >= 0.6 is 0 Å². The molecule has 1 aromatic rings. The van der Waals surface area contributed by atoms with E-state index in [4.69, 9.17) is 18.9 Å². The van der Waals surface area contributed by atoms with Crippen LogP contribution in [0.15, 0.2) is 48.3 Å². The summed E-state index contributed by atoms with van der Waals surface area (Å²) >= 11 is 0. The summed E-state index contributed by atoms with van der Waals surface area (Å²) in [6, 6.07) is 3.88. The molecule has 232 valence electrons. The Kier molecular flexibility index (Phi) is 6.54. The van der Waals surface area contributed by atoms with Crippen molar-refractivity contribution in [3.05, 3.63) is 53.9 Å². The summed E-state index contributed by atoms with van der Waals surface area (Å²) in [6.07, 6.45) is 14.8. The van der Waals surface area contributed by atoms with Crippen LogP contribution in [0.3, 0.4) is 0 Å². The van der Waals surface area contributed by atoms with Gasteiger partial charge in [-0.1, -0.05) is 32.4 Å². The first-order valence-corrected chi connectivity index (χ1v) is 16.3. The first-order chi connectivity index (χ1) is 20.2. The number of esters is 1. The van der Waals surface area contributed by atoms with Gasteiger partial charge in [0.15, 0.2) is 5.78 Å². The SMILES string of the molecule is CC(=O)O[C@@H]1CC2=CC(=O)C=C[C@]2(C)[C@H]2CC[C@]3(C)[C@@H]([C@H](C)[C@H]4C[C@@]5(C)O[C@@](c6cccnc6)(O4)OC5(C)C)CC[C@H]3[C@H]12. The van der Waals surface area contributed by atoms with Gasteiger partial charge in [0.05, 0.1) is 17.3 Å². The molecule has 1 aromatic heterocycles. The summed E-state index contributed by atoms with van der Waals surface area (Å²) in [5.74, 6) is 0.286. The predicted molar refractivity (Wildman–Crippen MR) is 160 cm³/mol. The van der Waals surface area contributed by atoms with Crippen molar-refractivity contribution in [3.63, 3.8) is 0 Å². The van der Waals surface area contributed by atoms with Crippen molar-refractivity contribution >= 4 is 11.8 Å². The quantitative estimate of drug-likeness (QED) is 0.363. The summed E-state index contributed by atoms with van der Waals surface area (Å²) in [7, 11) is 0. The Hall–Kier alpha value is -2.35. The zero-order chi connectivity index (χ0) is 30.6. The van der Waals surface area contributed by atoms with Gasteiger partial charge in [0.2, 0.25) is 0 Å². The van der Waals surface area contributed by atoms with Gasteiger partial charge in [-0.05, 0) is 99.8 Å². The normalized spacial score (nSPS) is 46.8. The highest BCUT2D eigenvalue weighted by molar-refractivity contribution is 6.01. The van der Waals surface area contributed by atoms with E-state index in [0.717, 1.165) is 43.2 Å². The van der Waals surface area contributed by atoms with Crippen molar-refractivity contribution in [2.45, 2.75) is 116 Å². The molecule has 3 heterocycles. The lowest BCUT2D eigenvalue weighted by molar-refractivity contribution is -0.407. The lowest BCUT2D eigenvalue weighted by Crippen LogP contribution is -2.57. The first kappa shape index (κ1) is 29.4. The molecule has 6 aliphatic rings. The Balaban J connectivity index is 1.20. The first-order valence-electron chi connectivity index (χ1n) is 16.3. The number of fused-ring (bicyclic) bond motifs is 7. The second kappa shape index (κ2) is 9.58. The van der Waals surface area contributed by atoms with Gasteiger partial charge in [0.1, 0.15) is 11.7 Å². The Morgan fingerprint density at radius 1 is 1.09 bits per heavy atom. The van der Waals surface area contributed by atoms with Crippen molar-refractivity contribution in [3.8, 4) is 0 Å². The van der Waals surface area contributed by atoms with Crippen LogP contribution in [0.25, 0.3) is 0 Å². The fraction of sp³-hybridized carbons (Fsp3) is 0.694. The second-order valence-electron chi connectivity index (χ2n) is 15.5. The third-order valence-electron chi connectivity index (χ3n) is 13.1. The van der Waals surface area contributed by atoms with Crippen LogP contribution in [0.5, 0.6) is 0 Å². The maximum Gasteiger partial charge on any atom is 0.315 e. The summed E-state index contributed by atoms with van der Waals surface area (Å²) in [6.45, 7) is 15.0. The zero-order valence-electron chi connectivity index (χ0n) is 26.7. The molecule has 7 nitrogen and oxygen atoms in total. The fourth-order valence-corrected chi connectivity index (χ4v) is 10.5. The molecule has 2 aliphatic heterocycles. The third-order valence-corrected chi connectivity index (χ3v) is 13.1. The average molecular weight is 590 g/mol. The molecule has 11 atom stereocenters. The van der Waals surface area contributed by atoms with E-state index in [-0.39, 0.29) is 46.6 Å². The largest absolute Gasteiger partial charge is 0.462 e. The monoisotopic (exact) mass is 589 g/mol. The molecule has 0 radical (unpaired) electrons. The lowest BCUT2D eigenvalue weighted by atomic mass is 9.46. The Bertz CT molecular complexity index is 1380. The van der Waals surface area contributed by atoms with Crippen molar-refractivity contribution in [2.24, 2.45) is 40.4 Å². The minimum absolute atomic E-state index is 0.0400. The highest BCUT2D eigenvalue weighted by atomic mass is 16.9. The van der Waals surface area contributed by atoms with Crippen LogP contribution in [0.1, 0.15) is 92.6 Å². The molecule has 0 N–H and O–H groups in total. The molecule has 2 saturated heterocycles.